The van der Waals surface area contributed by atoms with Crippen LogP contribution in [-0.4, -0.2) is 6.71 Å². The van der Waals surface area contributed by atoms with E-state index in [1.165, 1.54) is 93.2 Å². The first-order chi connectivity index (χ1) is 26.5. The third-order valence-electron chi connectivity index (χ3n) is 12.3. The summed E-state index contributed by atoms with van der Waals surface area (Å²) in [5.74, 6) is 1.91. The highest BCUT2D eigenvalue weighted by molar-refractivity contribution is 6.97. The van der Waals surface area contributed by atoms with Crippen molar-refractivity contribution < 1.29 is 4.74 Å². The van der Waals surface area contributed by atoms with Gasteiger partial charge in [0.15, 0.2) is 0 Å². The van der Waals surface area contributed by atoms with Gasteiger partial charge in [-0.2, -0.15) is 0 Å². The first-order valence-electron chi connectivity index (χ1n) is 19.1. The molecule has 0 unspecified atom stereocenters. The van der Waals surface area contributed by atoms with E-state index in [0.29, 0.717) is 0 Å². The van der Waals surface area contributed by atoms with Gasteiger partial charge >= 0.3 is 0 Å². The average molecular weight is 689 g/mol. The Labute approximate surface area is 316 Å². The lowest BCUT2D eigenvalue weighted by atomic mass is 9.32. The molecule has 9 aromatic rings. The molecule has 0 aromatic heterocycles. The van der Waals surface area contributed by atoms with Crippen molar-refractivity contribution >= 4 is 55.4 Å². The number of para-hydroxylation sites is 1. The van der Waals surface area contributed by atoms with E-state index >= 15 is 0 Å². The van der Waals surface area contributed by atoms with Crippen molar-refractivity contribution in [3.63, 3.8) is 0 Å². The lowest BCUT2D eigenvalue weighted by Gasteiger charge is -2.35. The van der Waals surface area contributed by atoms with Crippen molar-refractivity contribution in [2.24, 2.45) is 0 Å². The van der Waals surface area contributed by atoms with E-state index in [9.17, 15) is 0 Å². The molecule has 0 aliphatic carbocycles. The second-order valence-corrected chi connectivity index (χ2v) is 15.6. The van der Waals surface area contributed by atoms with E-state index in [1.807, 2.05) is 0 Å². The monoisotopic (exact) mass is 688 g/mol. The maximum absolute atomic E-state index is 6.93. The molecule has 0 atom stereocenters. The molecule has 0 fully saturated rings. The maximum Gasteiger partial charge on any atom is 0.251 e. The molecule has 9 aromatic carbocycles. The molecule has 2 heteroatoms. The van der Waals surface area contributed by atoms with Crippen LogP contribution in [0.15, 0.2) is 176 Å². The summed E-state index contributed by atoms with van der Waals surface area (Å²) >= 11 is 0. The molecule has 0 saturated carbocycles. The van der Waals surface area contributed by atoms with E-state index in [4.69, 9.17) is 4.74 Å². The van der Waals surface area contributed by atoms with Crippen LogP contribution in [0.1, 0.15) is 36.1 Å². The van der Waals surface area contributed by atoms with E-state index < -0.39 is 0 Å². The predicted molar refractivity (Wildman–Crippen MR) is 229 cm³/mol. The van der Waals surface area contributed by atoms with Crippen molar-refractivity contribution in [1.82, 2.24) is 0 Å². The number of rotatable bonds is 4. The van der Waals surface area contributed by atoms with E-state index in [1.54, 1.807) is 0 Å². The Morgan fingerprint density at radius 1 is 0.444 bits per heavy atom. The molecule has 0 bridgehead atoms. The second-order valence-electron chi connectivity index (χ2n) is 15.6. The lowest BCUT2D eigenvalue weighted by Crippen LogP contribution is -2.59. The van der Waals surface area contributed by atoms with Gasteiger partial charge in [-0.25, -0.2) is 0 Å². The van der Waals surface area contributed by atoms with Crippen molar-refractivity contribution in [3.05, 3.63) is 198 Å². The molecular formula is C52H37BO. The van der Waals surface area contributed by atoms with Crippen LogP contribution in [0.25, 0.3) is 54.6 Å². The number of ether oxygens (including phenoxy) is 1. The van der Waals surface area contributed by atoms with Gasteiger partial charge in [0.25, 0.3) is 6.71 Å². The van der Waals surface area contributed by atoms with Crippen LogP contribution in [-0.2, 0) is 11.8 Å². The van der Waals surface area contributed by atoms with Gasteiger partial charge in [-0.05, 0) is 112 Å². The Morgan fingerprint density at radius 3 is 1.81 bits per heavy atom. The zero-order valence-electron chi connectivity index (χ0n) is 30.4. The highest BCUT2D eigenvalue weighted by Crippen LogP contribution is 2.46. The first kappa shape index (κ1) is 31.2. The molecule has 0 radical (unpaired) electrons. The zero-order chi connectivity index (χ0) is 36.0. The number of benzene rings is 9. The number of hydrogen-bond donors (Lipinski definition) is 0. The van der Waals surface area contributed by atoms with Crippen LogP contribution in [0.3, 0.4) is 0 Å². The molecule has 0 spiro atoms. The maximum atomic E-state index is 6.93. The molecule has 1 nitrogen and oxygen atoms in total. The quantitative estimate of drug-likeness (QED) is 0.132. The fourth-order valence-electron chi connectivity index (χ4n) is 9.53. The van der Waals surface area contributed by atoms with Gasteiger partial charge in [-0.3, -0.25) is 0 Å². The van der Waals surface area contributed by atoms with Gasteiger partial charge in [-0.1, -0.05) is 177 Å². The molecular weight excluding hydrogens is 651 g/mol. The van der Waals surface area contributed by atoms with Crippen LogP contribution in [0.5, 0.6) is 11.5 Å². The van der Waals surface area contributed by atoms with Crippen LogP contribution < -0.4 is 21.1 Å². The number of hydrogen-bond acceptors (Lipinski definition) is 1. The van der Waals surface area contributed by atoms with Crippen LogP contribution in [0.4, 0.5) is 0 Å². The standard InChI is InChI=1S/C52H37BO/c1-52(2,39-16-4-3-5-17-39)40-27-26-35-29-38-30-37(31-48-51(38)53(46(35)32-40)45-22-12-13-23-47(45)54-48)50-43-20-10-8-18-41(43)49(42-19-9-11-21-44(42)50)36-25-24-33-14-6-7-15-34(33)28-36/h3-28,30-32H,29H2,1-2H3. The van der Waals surface area contributed by atoms with Crippen LogP contribution in [0.2, 0.25) is 0 Å². The van der Waals surface area contributed by atoms with Crippen molar-refractivity contribution in [2.75, 3.05) is 0 Å². The zero-order valence-corrected chi connectivity index (χ0v) is 30.4. The molecule has 254 valence electrons. The van der Waals surface area contributed by atoms with E-state index in [0.717, 1.165) is 17.9 Å². The summed E-state index contributed by atoms with van der Waals surface area (Å²) in [7, 11) is 0. The minimum Gasteiger partial charge on any atom is -0.458 e. The van der Waals surface area contributed by atoms with Gasteiger partial charge in [0.05, 0.1) is 0 Å². The predicted octanol–water partition coefficient (Wildman–Crippen LogP) is 11.3. The van der Waals surface area contributed by atoms with Crippen LogP contribution >= 0.6 is 0 Å². The number of fused-ring (bicyclic) bond motifs is 7. The van der Waals surface area contributed by atoms with Crippen molar-refractivity contribution in [3.8, 4) is 33.8 Å². The topological polar surface area (TPSA) is 9.23 Å². The first-order valence-corrected chi connectivity index (χ1v) is 19.1. The second kappa shape index (κ2) is 11.8. The fourth-order valence-corrected chi connectivity index (χ4v) is 9.53. The summed E-state index contributed by atoms with van der Waals surface area (Å²) in [6.45, 7) is 4.79. The lowest BCUT2D eigenvalue weighted by molar-refractivity contribution is 0.487. The molecule has 0 N–H and O–H groups in total. The minimum absolute atomic E-state index is 0.105. The highest BCUT2D eigenvalue weighted by atomic mass is 16.5. The molecule has 54 heavy (non-hydrogen) atoms. The van der Waals surface area contributed by atoms with Gasteiger partial charge in [0.1, 0.15) is 11.5 Å². The van der Waals surface area contributed by atoms with E-state index in [-0.39, 0.29) is 12.1 Å². The summed E-state index contributed by atoms with van der Waals surface area (Å²) in [5.41, 5.74) is 14.2. The third-order valence-corrected chi connectivity index (χ3v) is 12.3. The Balaban J connectivity index is 1.13. The SMILES string of the molecule is CC(C)(c1ccccc1)c1ccc2c(c1)B1c3ccccc3Oc3cc(-c4c5ccccc5c(-c5ccc6ccccc6c5)c5ccccc45)cc(c31)C2. The third kappa shape index (κ3) is 4.66. The Hall–Kier alpha value is -6.38. The van der Waals surface area contributed by atoms with Gasteiger partial charge < -0.3 is 4.74 Å². The summed E-state index contributed by atoms with van der Waals surface area (Å²) in [5, 5.41) is 7.54. The van der Waals surface area contributed by atoms with E-state index in [2.05, 4.69) is 190 Å². The highest BCUT2D eigenvalue weighted by Gasteiger charge is 2.40. The van der Waals surface area contributed by atoms with Gasteiger partial charge in [0, 0.05) is 5.41 Å². The summed E-state index contributed by atoms with van der Waals surface area (Å²) < 4.78 is 6.93. The normalized spacial score (nSPS) is 13.0. The molecule has 2 aliphatic rings. The minimum atomic E-state index is -0.130. The Bertz CT molecular complexity index is 2900. The summed E-state index contributed by atoms with van der Waals surface area (Å²) in [6.07, 6.45) is 0.866. The van der Waals surface area contributed by atoms with Gasteiger partial charge in [0.2, 0.25) is 0 Å². The Kier molecular flexibility index (Phi) is 6.82. The summed E-state index contributed by atoms with van der Waals surface area (Å²) in [4.78, 5) is 0. The molecule has 11 rings (SSSR count). The summed E-state index contributed by atoms with van der Waals surface area (Å²) in [6, 6.07) is 65.0. The largest absolute Gasteiger partial charge is 0.458 e. The van der Waals surface area contributed by atoms with Gasteiger partial charge in [-0.15, -0.1) is 0 Å². The van der Waals surface area contributed by atoms with Crippen molar-refractivity contribution in [1.29, 1.82) is 0 Å². The van der Waals surface area contributed by atoms with Crippen LogP contribution in [0, 0.1) is 0 Å². The molecule has 2 aliphatic heterocycles. The molecule has 2 heterocycles. The van der Waals surface area contributed by atoms with Crippen molar-refractivity contribution in [2.45, 2.75) is 25.7 Å². The fraction of sp³-hybridized carbons (Fsp3) is 0.0769. The Morgan fingerprint density at radius 2 is 1.07 bits per heavy atom. The average Bonchev–Trinajstić information content (AvgIpc) is 3.22. The smallest absolute Gasteiger partial charge is 0.251 e. The molecule has 0 saturated heterocycles. The molecule has 0 amide bonds.